The van der Waals surface area contributed by atoms with E-state index in [1.165, 1.54) is 55.7 Å². The number of hydrogen-bond acceptors (Lipinski definition) is 2. The summed E-state index contributed by atoms with van der Waals surface area (Å²) >= 11 is 0. The second-order valence-electron chi connectivity index (χ2n) is 6.37. The predicted molar refractivity (Wildman–Crippen MR) is 86.1 cm³/mol. The number of piperidine rings is 1. The molecule has 0 spiro atoms. The smallest absolute Gasteiger partial charge is 0.0223 e. The zero-order chi connectivity index (χ0) is 14.5. The number of nitrogens with zero attached hydrogens (tertiary/aromatic N) is 2. The Morgan fingerprint density at radius 1 is 1.30 bits per heavy atom. The lowest BCUT2D eigenvalue weighted by Crippen LogP contribution is -2.38. The van der Waals surface area contributed by atoms with Gasteiger partial charge >= 0.3 is 0 Å². The molecule has 3 heteroatoms. The van der Waals surface area contributed by atoms with E-state index < -0.39 is 0 Å². The number of likely N-dealkylation sites (tertiary alicyclic amines) is 1. The largest absolute Gasteiger partial charge is 0.352 e. The zero-order valence-corrected chi connectivity index (χ0v) is 13.7. The molecule has 1 fully saturated rings. The average Bonchev–Trinajstić information content (AvgIpc) is 2.68. The molecule has 1 aromatic heterocycles. The van der Waals surface area contributed by atoms with Gasteiger partial charge < -0.3 is 14.8 Å². The van der Waals surface area contributed by atoms with E-state index in [1.807, 2.05) is 0 Å². The SMILES string of the molecule is Cc1cc(CNCCCN2CCCCC2C)c(C)n1C. The van der Waals surface area contributed by atoms with E-state index >= 15 is 0 Å². The maximum Gasteiger partial charge on any atom is 0.0223 e. The Balaban J connectivity index is 1.65. The summed E-state index contributed by atoms with van der Waals surface area (Å²) in [7, 11) is 2.14. The summed E-state index contributed by atoms with van der Waals surface area (Å²) in [6.07, 6.45) is 5.45. The van der Waals surface area contributed by atoms with Crippen LogP contribution in [0.4, 0.5) is 0 Å². The molecule has 2 heterocycles. The molecule has 0 bridgehead atoms. The molecule has 2 rings (SSSR count). The van der Waals surface area contributed by atoms with Crippen molar-refractivity contribution in [1.82, 2.24) is 14.8 Å². The maximum absolute atomic E-state index is 3.60. The van der Waals surface area contributed by atoms with Crippen LogP contribution in [0.2, 0.25) is 0 Å². The van der Waals surface area contributed by atoms with Gasteiger partial charge in [0.25, 0.3) is 0 Å². The Hall–Kier alpha value is -0.800. The molecular formula is C17H31N3. The number of aromatic nitrogens is 1. The molecule has 1 aromatic rings. The molecular weight excluding hydrogens is 246 g/mol. The second kappa shape index (κ2) is 7.28. The molecule has 1 unspecified atom stereocenters. The van der Waals surface area contributed by atoms with Crippen LogP contribution in [0.15, 0.2) is 6.07 Å². The number of rotatable bonds is 6. The van der Waals surface area contributed by atoms with Crippen LogP contribution < -0.4 is 5.32 Å². The molecule has 1 aliphatic rings. The highest BCUT2D eigenvalue weighted by Gasteiger charge is 2.16. The van der Waals surface area contributed by atoms with E-state index in [2.05, 4.69) is 48.7 Å². The van der Waals surface area contributed by atoms with E-state index in [0.29, 0.717) is 0 Å². The molecule has 0 radical (unpaired) electrons. The first kappa shape index (κ1) is 15.6. The van der Waals surface area contributed by atoms with Gasteiger partial charge in [-0.15, -0.1) is 0 Å². The lowest BCUT2D eigenvalue weighted by atomic mass is 10.0. The topological polar surface area (TPSA) is 20.2 Å². The zero-order valence-electron chi connectivity index (χ0n) is 13.7. The van der Waals surface area contributed by atoms with Crippen molar-refractivity contribution in [3.8, 4) is 0 Å². The predicted octanol–water partition coefficient (Wildman–Crippen LogP) is 3.00. The minimum absolute atomic E-state index is 0.794. The van der Waals surface area contributed by atoms with Crippen molar-refractivity contribution in [1.29, 1.82) is 0 Å². The molecule has 1 atom stereocenters. The van der Waals surface area contributed by atoms with E-state index in [-0.39, 0.29) is 0 Å². The van der Waals surface area contributed by atoms with E-state index in [1.54, 1.807) is 0 Å². The summed E-state index contributed by atoms with van der Waals surface area (Å²) < 4.78 is 2.27. The van der Waals surface area contributed by atoms with Crippen molar-refractivity contribution in [2.45, 2.75) is 59.0 Å². The number of nitrogens with one attached hydrogen (secondary N) is 1. The summed E-state index contributed by atoms with van der Waals surface area (Å²) in [5.41, 5.74) is 4.18. The Morgan fingerprint density at radius 2 is 2.10 bits per heavy atom. The summed E-state index contributed by atoms with van der Waals surface area (Å²) in [4.78, 5) is 2.66. The fourth-order valence-corrected chi connectivity index (χ4v) is 3.23. The lowest BCUT2D eigenvalue weighted by Gasteiger charge is -2.33. The van der Waals surface area contributed by atoms with Crippen molar-refractivity contribution in [3.05, 3.63) is 23.0 Å². The van der Waals surface area contributed by atoms with Gasteiger partial charge in [0.2, 0.25) is 0 Å². The van der Waals surface area contributed by atoms with Gasteiger partial charge in [0.1, 0.15) is 0 Å². The fourth-order valence-electron chi connectivity index (χ4n) is 3.23. The van der Waals surface area contributed by atoms with Crippen molar-refractivity contribution >= 4 is 0 Å². The summed E-state index contributed by atoms with van der Waals surface area (Å²) in [5, 5.41) is 3.60. The molecule has 0 aliphatic carbocycles. The van der Waals surface area contributed by atoms with Gasteiger partial charge in [0.05, 0.1) is 0 Å². The van der Waals surface area contributed by atoms with Crippen LogP contribution in [-0.4, -0.2) is 35.1 Å². The van der Waals surface area contributed by atoms with Crippen molar-refractivity contribution in [2.24, 2.45) is 7.05 Å². The first-order valence-electron chi connectivity index (χ1n) is 8.16. The molecule has 1 saturated heterocycles. The third-order valence-corrected chi connectivity index (χ3v) is 4.93. The third kappa shape index (κ3) is 3.86. The number of aryl methyl sites for hydroxylation is 1. The van der Waals surface area contributed by atoms with E-state index in [9.17, 15) is 0 Å². The first-order chi connectivity index (χ1) is 9.59. The van der Waals surface area contributed by atoms with Crippen LogP contribution in [0.3, 0.4) is 0 Å². The maximum atomic E-state index is 3.60. The average molecular weight is 277 g/mol. The quantitative estimate of drug-likeness (QED) is 0.807. The Kier molecular flexibility index (Phi) is 5.67. The molecule has 1 N–H and O–H groups in total. The molecule has 114 valence electrons. The highest BCUT2D eigenvalue weighted by Crippen LogP contribution is 2.16. The van der Waals surface area contributed by atoms with Crippen LogP contribution in [0, 0.1) is 13.8 Å². The standard InChI is InChI=1S/C17H31N3/c1-14-8-5-6-10-20(14)11-7-9-18-13-17-12-15(2)19(4)16(17)3/h12,14,18H,5-11,13H2,1-4H3. The van der Waals surface area contributed by atoms with Crippen LogP contribution in [0.1, 0.15) is 49.6 Å². The minimum atomic E-state index is 0.794. The molecule has 0 saturated carbocycles. The Bertz CT molecular complexity index is 422. The number of hydrogen-bond donors (Lipinski definition) is 1. The molecule has 1 aliphatic heterocycles. The second-order valence-corrected chi connectivity index (χ2v) is 6.37. The first-order valence-corrected chi connectivity index (χ1v) is 8.16. The van der Waals surface area contributed by atoms with Crippen molar-refractivity contribution in [3.63, 3.8) is 0 Å². The Labute approximate surface area is 124 Å². The summed E-state index contributed by atoms with van der Waals surface area (Å²) in [6.45, 7) is 11.4. The fraction of sp³-hybridized carbons (Fsp3) is 0.765. The van der Waals surface area contributed by atoms with Gasteiger partial charge in [-0.1, -0.05) is 6.42 Å². The van der Waals surface area contributed by atoms with Crippen molar-refractivity contribution < 1.29 is 0 Å². The lowest BCUT2D eigenvalue weighted by molar-refractivity contribution is 0.159. The van der Waals surface area contributed by atoms with Gasteiger partial charge in [0, 0.05) is 31.0 Å². The van der Waals surface area contributed by atoms with Crippen LogP contribution in [-0.2, 0) is 13.6 Å². The molecule has 3 nitrogen and oxygen atoms in total. The molecule has 0 amide bonds. The van der Waals surface area contributed by atoms with Gasteiger partial charge in [-0.2, -0.15) is 0 Å². The van der Waals surface area contributed by atoms with Gasteiger partial charge in [-0.3, -0.25) is 0 Å². The highest BCUT2D eigenvalue weighted by molar-refractivity contribution is 5.26. The normalized spacial score (nSPS) is 20.5. The van der Waals surface area contributed by atoms with Crippen LogP contribution >= 0.6 is 0 Å². The minimum Gasteiger partial charge on any atom is -0.352 e. The highest BCUT2D eigenvalue weighted by atomic mass is 15.2. The van der Waals surface area contributed by atoms with Crippen molar-refractivity contribution in [2.75, 3.05) is 19.6 Å². The summed E-state index contributed by atoms with van der Waals surface area (Å²) in [5.74, 6) is 0. The van der Waals surface area contributed by atoms with Gasteiger partial charge in [-0.05, 0) is 71.3 Å². The molecule has 20 heavy (non-hydrogen) atoms. The third-order valence-electron chi connectivity index (χ3n) is 4.93. The monoisotopic (exact) mass is 277 g/mol. The summed E-state index contributed by atoms with van der Waals surface area (Å²) in [6, 6.07) is 3.09. The van der Waals surface area contributed by atoms with Crippen LogP contribution in [0.5, 0.6) is 0 Å². The van der Waals surface area contributed by atoms with Crippen LogP contribution in [0.25, 0.3) is 0 Å². The van der Waals surface area contributed by atoms with E-state index in [4.69, 9.17) is 0 Å². The van der Waals surface area contributed by atoms with Gasteiger partial charge in [-0.25, -0.2) is 0 Å². The Morgan fingerprint density at radius 3 is 2.75 bits per heavy atom. The van der Waals surface area contributed by atoms with Gasteiger partial charge in [0.15, 0.2) is 0 Å². The van der Waals surface area contributed by atoms with E-state index in [0.717, 1.165) is 19.1 Å². The molecule has 0 aromatic carbocycles.